The first-order chi connectivity index (χ1) is 14.0. The second kappa shape index (κ2) is 9.24. The monoisotopic (exact) mass is 391 g/mol. The predicted molar refractivity (Wildman–Crippen MR) is 113 cm³/mol. The molecule has 5 heteroatoms. The number of hydrogen-bond donors (Lipinski definition) is 1. The molecule has 0 aromatic heterocycles. The third-order valence-electron chi connectivity index (χ3n) is 4.89. The van der Waals surface area contributed by atoms with Gasteiger partial charge in [0, 0.05) is 6.54 Å². The van der Waals surface area contributed by atoms with Gasteiger partial charge in [0.15, 0.2) is 6.10 Å². The van der Waals surface area contributed by atoms with Gasteiger partial charge in [-0.3, -0.25) is 4.79 Å². The quantitative estimate of drug-likeness (QED) is 0.610. The number of rotatable bonds is 7. The van der Waals surface area contributed by atoms with Gasteiger partial charge in [-0.15, -0.1) is 0 Å². The van der Waals surface area contributed by atoms with Gasteiger partial charge in [0.2, 0.25) is 0 Å². The van der Waals surface area contributed by atoms with Crippen LogP contribution in [-0.2, 0) is 9.53 Å². The number of ether oxygens (including phenoxy) is 2. The Morgan fingerprint density at radius 2 is 1.55 bits per heavy atom. The van der Waals surface area contributed by atoms with Gasteiger partial charge in [-0.25, -0.2) is 4.79 Å². The molecule has 0 aliphatic rings. The number of fused-ring (bicyclic) bond motifs is 1. The lowest BCUT2D eigenvalue weighted by atomic mass is 10.0. The van der Waals surface area contributed by atoms with E-state index < -0.39 is 12.1 Å². The Hall–Kier alpha value is -3.34. The van der Waals surface area contributed by atoms with Crippen LogP contribution in [0.25, 0.3) is 10.8 Å². The molecule has 1 amide bonds. The zero-order valence-electron chi connectivity index (χ0n) is 16.8. The summed E-state index contributed by atoms with van der Waals surface area (Å²) in [5.74, 6) is -0.352. The van der Waals surface area contributed by atoms with Crippen molar-refractivity contribution in [2.75, 3.05) is 13.7 Å². The Balaban J connectivity index is 1.64. The molecule has 0 fully saturated rings. The number of carbonyl (C=O) groups is 2. The lowest BCUT2D eigenvalue weighted by Crippen LogP contribution is -2.37. The van der Waals surface area contributed by atoms with Crippen molar-refractivity contribution >= 4 is 22.6 Å². The zero-order valence-corrected chi connectivity index (χ0v) is 16.8. The Morgan fingerprint density at radius 1 is 0.931 bits per heavy atom. The molecule has 0 unspecified atom stereocenters. The van der Waals surface area contributed by atoms with Crippen LogP contribution in [0.5, 0.6) is 5.75 Å². The van der Waals surface area contributed by atoms with Gasteiger partial charge in [0.05, 0.1) is 7.11 Å². The highest BCUT2D eigenvalue weighted by Crippen LogP contribution is 2.27. The van der Waals surface area contributed by atoms with Crippen LogP contribution < -0.4 is 10.1 Å². The second-order valence-electron chi connectivity index (χ2n) is 7.00. The fourth-order valence-corrected chi connectivity index (χ4v) is 3.12. The molecule has 3 rings (SSSR count). The van der Waals surface area contributed by atoms with Gasteiger partial charge in [0.1, 0.15) is 11.3 Å². The normalized spacial score (nSPS) is 12.8. The van der Waals surface area contributed by atoms with E-state index in [-0.39, 0.29) is 11.8 Å². The average Bonchev–Trinajstić information content (AvgIpc) is 2.76. The highest BCUT2D eigenvalue weighted by molar-refractivity contribution is 5.99. The van der Waals surface area contributed by atoms with E-state index in [1.54, 1.807) is 19.1 Å². The van der Waals surface area contributed by atoms with Gasteiger partial charge in [-0.1, -0.05) is 61.5 Å². The van der Waals surface area contributed by atoms with Crippen LogP contribution >= 0.6 is 0 Å². The summed E-state index contributed by atoms with van der Waals surface area (Å²) in [5.41, 5.74) is 1.43. The fourth-order valence-electron chi connectivity index (χ4n) is 3.12. The number of methoxy groups -OCH3 is 1. The van der Waals surface area contributed by atoms with Gasteiger partial charge in [-0.2, -0.15) is 0 Å². The number of carbonyl (C=O) groups excluding carboxylic acids is 2. The van der Waals surface area contributed by atoms with Crippen molar-refractivity contribution in [1.29, 1.82) is 0 Å². The number of hydrogen-bond acceptors (Lipinski definition) is 4. The maximum Gasteiger partial charge on any atom is 0.342 e. The topological polar surface area (TPSA) is 64.6 Å². The molecule has 3 aromatic carbocycles. The zero-order chi connectivity index (χ0) is 20.8. The van der Waals surface area contributed by atoms with Crippen LogP contribution in [0.4, 0.5) is 0 Å². The van der Waals surface area contributed by atoms with E-state index in [1.165, 1.54) is 7.11 Å². The summed E-state index contributed by atoms with van der Waals surface area (Å²) < 4.78 is 10.7. The molecule has 0 heterocycles. The largest absolute Gasteiger partial charge is 0.496 e. The summed E-state index contributed by atoms with van der Waals surface area (Å²) in [6.45, 7) is 4.06. The molecule has 0 spiro atoms. The van der Waals surface area contributed by atoms with E-state index >= 15 is 0 Å². The second-order valence-corrected chi connectivity index (χ2v) is 7.00. The van der Waals surface area contributed by atoms with E-state index in [1.807, 2.05) is 61.5 Å². The molecule has 0 bridgehead atoms. The minimum absolute atomic E-state index is 0.156. The van der Waals surface area contributed by atoms with Gasteiger partial charge < -0.3 is 14.8 Å². The van der Waals surface area contributed by atoms with E-state index in [2.05, 4.69) is 5.32 Å². The maximum absolute atomic E-state index is 12.7. The van der Waals surface area contributed by atoms with Crippen molar-refractivity contribution in [2.24, 2.45) is 0 Å². The number of benzene rings is 3. The van der Waals surface area contributed by atoms with Crippen LogP contribution in [0, 0.1) is 0 Å². The van der Waals surface area contributed by atoms with Crippen molar-refractivity contribution in [3.8, 4) is 5.75 Å². The minimum atomic E-state index is -0.915. The summed E-state index contributed by atoms with van der Waals surface area (Å²) in [6, 6.07) is 21.1. The highest BCUT2D eigenvalue weighted by atomic mass is 16.5. The molecule has 3 aromatic rings. The van der Waals surface area contributed by atoms with Crippen molar-refractivity contribution < 1.29 is 19.1 Å². The van der Waals surface area contributed by atoms with Crippen molar-refractivity contribution in [3.05, 3.63) is 77.9 Å². The predicted octanol–water partition coefficient (Wildman–Crippen LogP) is 4.31. The molecule has 29 heavy (non-hydrogen) atoms. The van der Waals surface area contributed by atoms with Gasteiger partial charge in [0.25, 0.3) is 5.91 Å². The third kappa shape index (κ3) is 4.93. The highest BCUT2D eigenvalue weighted by Gasteiger charge is 2.22. The summed E-state index contributed by atoms with van der Waals surface area (Å²) in [7, 11) is 1.50. The van der Waals surface area contributed by atoms with Crippen molar-refractivity contribution in [1.82, 2.24) is 5.32 Å². The minimum Gasteiger partial charge on any atom is -0.496 e. The first-order valence-electron chi connectivity index (χ1n) is 9.60. The molecule has 2 atom stereocenters. The Bertz CT molecular complexity index is 1000. The smallest absolute Gasteiger partial charge is 0.342 e. The van der Waals surface area contributed by atoms with E-state index in [9.17, 15) is 9.59 Å². The molecule has 1 N–H and O–H groups in total. The van der Waals surface area contributed by atoms with Crippen LogP contribution in [0.3, 0.4) is 0 Å². The first-order valence-corrected chi connectivity index (χ1v) is 9.60. The molecule has 150 valence electrons. The van der Waals surface area contributed by atoms with E-state index in [0.717, 1.165) is 16.3 Å². The molecular formula is C24H25NO4. The maximum atomic E-state index is 12.7. The summed E-state index contributed by atoms with van der Waals surface area (Å²) in [4.78, 5) is 25.1. The third-order valence-corrected chi connectivity index (χ3v) is 4.89. The van der Waals surface area contributed by atoms with Crippen LogP contribution in [-0.4, -0.2) is 31.6 Å². The molecule has 5 nitrogen and oxygen atoms in total. The SMILES string of the molecule is COc1cc2ccccc2cc1C(=O)O[C@@H](C)C(=O)NC[C@@H](C)c1ccccc1. The summed E-state index contributed by atoms with van der Waals surface area (Å²) >= 11 is 0. The van der Waals surface area contributed by atoms with E-state index in [4.69, 9.17) is 9.47 Å². The molecule has 0 saturated heterocycles. The standard InChI is InChI=1S/C24H25NO4/c1-16(18-9-5-4-6-10-18)15-25-23(26)17(2)29-24(27)21-13-19-11-7-8-12-20(19)14-22(21)28-3/h4-14,16-17H,15H2,1-3H3,(H,25,26)/t16-,17+/m1/s1. The van der Waals surface area contributed by atoms with Crippen LogP contribution in [0.1, 0.15) is 35.7 Å². The Kier molecular flexibility index (Phi) is 6.50. The Morgan fingerprint density at radius 3 is 2.21 bits per heavy atom. The van der Waals surface area contributed by atoms with Crippen molar-refractivity contribution in [2.45, 2.75) is 25.9 Å². The molecular weight excluding hydrogens is 366 g/mol. The average molecular weight is 391 g/mol. The van der Waals surface area contributed by atoms with Crippen molar-refractivity contribution in [3.63, 3.8) is 0 Å². The first kappa shape index (κ1) is 20.4. The molecule has 0 saturated carbocycles. The number of nitrogens with one attached hydrogen (secondary N) is 1. The lowest BCUT2D eigenvalue weighted by molar-refractivity contribution is -0.129. The van der Waals surface area contributed by atoms with Crippen LogP contribution in [0.2, 0.25) is 0 Å². The fraction of sp³-hybridized carbons (Fsp3) is 0.250. The number of esters is 1. The Labute approximate surface area is 170 Å². The molecule has 0 aliphatic heterocycles. The molecule has 0 radical (unpaired) electrons. The summed E-state index contributed by atoms with van der Waals surface area (Å²) in [6.07, 6.45) is -0.915. The van der Waals surface area contributed by atoms with Gasteiger partial charge in [-0.05, 0) is 41.3 Å². The summed E-state index contributed by atoms with van der Waals surface area (Å²) in [5, 5.41) is 4.71. The van der Waals surface area contributed by atoms with Gasteiger partial charge >= 0.3 is 5.97 Å². The van der Waals surface area contributed by atoms with Crippen LogP contribution in [0.15, 0.2) is 66.7 Å². The lowest BCUT2D eigenvalue weighted by Gasteiger charge is -2.17. The number of amides is 1. The van der Waals surface area contributed by atoms with E-state index in [0.29, 0.717) is 17.9 Å². The molecule has 0 aliphatic carbocycles.